The first kappa shape index (κ1) is 10.9. The maximum Gasteiger partial charge on any atom is 0.180 e. The molecule has 0 radical (unpaired) electrons. The summed E-state index contributed by atoms with van der Waals surface area (Å²) >= 11 is 0. The number of fused-ring (bicyclic) bond motifs is 1. The van der Waals surface area contributed by atoms with Crippen LogP contribution in [0.2, 0.25) is 0 Å². The van der Waals surface area contributed by atoms with Crippen LogP contribution >= 0.6 is 0 Å². The van der Waals surface area contributed by atoms with Crippen LogP contribution in [0.3, 0.4) is 0 Å². The van der Waals surface area contributed by atoms with Crippen molar-refractivity contribution >= 4 is 5.82 Å². The van der Waals surface area contributed by atoms with Gasteiger partial charge in [-0.1, -0.05) is 0 Å². The summed E-state index contributed by atoms with van der Waals surface area (Å²) in [5.41, 5.74) is 6.00. The fourth-order valence-electron chi connectivity index (χ4n) is 2.79. The lowest BCUT2D eigenvalue weighted by Crippen LogP contribution is -2.13. The monoisotopic (exact) mass is 256 g/mol. The largest absolute Gasteiger partial charge is 0.325 e. The maximum absolute atomic E-state index is 5.59. The van der Waals surface area contributed by atoms with Gasteiger partial charge in [0.25, 0.3) is 0 Å². The quantitative estimate of drug-likeness (QED) is 0.641. The number of imidazole rings is 1. The van der Waals surface area contributed by atoms with Crippen LogP contribution in [0.15, 0.2) is 12.5 Å². The number of nitrogens with two attached hydrogens (primary N) is 1. The van der Waals surface area contributed by atoms with Crippen molar-refractivity contribution in [1.82, 2.24) is 19.5 Å². The number of aromatic nitrogens is 4. The normalized spacial score (nSPS) is 17.5. The number of hydrogen-bond acceptors (Lipinski definition) is 5. The average Bonchev–Trinajstić information content (AvgIpc) is 2.99. The third-order valence-corrected chi connectivity index (χ3v) is 3.91. The lowest BCUT2D eigenvalue weighted by molar-refractivity contribution is 0.742. The molecule has 0 saturated heterocycles. The Hall–Kier alpha value is -1.95. The molecule has 19 heavy (non-hydrogen) atoms. The first-order valence-corrected chi connectivity index (χ1v) is 6.75. The van der Waals surface area contributed by atoms with E-state index in [-0.39, 0.29) is 0 Å². The standard InChI is InChI=1S/C13H16N6/c14-18-12-9-2-1-3-10(9)16-13(17-12)11-6-15-7-19(11)8-4-5-8/h6-8H,1-5,14H2,(H,16,17,18). The number of nitrogen functional groups attached to an aromatic ring is 1. The van der Waals surface area contributed by atoms with Crippen LogP contribution in [0.25, 0.3) is 11.5 Å². The lowest BCUT2D eigenvalue weighted by Gasteiger charge is -2.10. The molecule has 0 unspecified atom stereocenters. The summed E-state index contributed by atoms with van der Waals surface area (Å²) in [5.74, 6) is 7.09. The fourth-order valence-corrected chi connectivity index (χ4v) is 2.79. The van der Waals surface area contributed by atoms with Gasteiger partial charge in [-0.05, 0) is 32.1 Å². The first-order chi connectivity index (χ1) is 9.36. The molecule has 0 spiro atoms. The molecule has 0 aromatic carbocycles. The Bertz CT molecular complexity index is 628. The highest BCUT2D eigenvalue weighted by atomic mass is 15.3. The molecule has 2 heterocycles. The van der Waals surface area contributed by atoms with Gasteiger partial charge in [-0.3, -0.25) is 0 Å². The molecular formula is C13H16N6. The van der Waals surface area contributed by atoms with Crippen LogP contribution in [-0.2, 0) is 12.8 Å². The highest BCUT2D eigenvalue weighted by molar-refractivity contribution is 5.57. The van der Waals surface area contributed by atoms with Crippen molar-refractivity contribution in [1.29, 1.82) is 0 Å². The molecule has 4 rings (SSSR count). The summed E-state index contributed by atoms with van der Waals surface area (Å²) < 4.78 is 2.18. The summed E-state index contributed by atoms with van der Waals surface area (Å²) in [5, 5.41) is 0. The van der Waals surface area contributed by atoms with Crippen LogP contribution in [0.1, 0.15) is 36.6 Å². The second-order valence-corrected chi connectivity index (χ2v) is 5.24. The van der Waals surface area contributed by atoms with Gasteiger partial charge >= 0.3 is 0 Å². The predicted octanol–water partition coefficient (Wildman–Crippen LogP) is 1.45. The number of aryl methyl sites for hydroxylation is 1. The summed E-state index contributed by atoms with van der Waals surface area (Å²) in [6, 6.07) is 0.573. The van der Waals surface area contributed by atoms with Gasteiger partial charge in [-0.15, -0.1) is 0 Å². The van der Waals surface area contributed by atoms with Crippen LogP contribution in [0, 0.1) is 0 Å². The fraction of sp³-hybridized carbons (Fsp3) is 0.462. The van der Waals surface area contributed by atoms with Gasteiger partial charge in [0.2, 0.25) is 0 Å². The Labute approximate surface area is 111 Å². The Balaban J connectivity index is 1.84. The van der Waals surface area contributed by atoms with Gasteiger partial charge in [0.1, 0.15) is 11.5 Å². The van der Waals surface area contributed by atoms with Gasteiger partial charge in [-0.25, -0.2) is 20.8 Å². The number of hydrogen-bond donors (Lipinski definition) is 2. The number of nitrogens with one attached hydrogen (secondary N) is 1. The minimum absolute atomic E-state index is 0.573. The SMILES string of the molecule is NNc1nc(-c2cncn2C2CC2)nc2c1CCC2. The summed E-state index contributed by atoms with van der Waals surface area (Å²) in [4.78, 5) is 13.5. The molecule has 2 aliphatic carbocycles. The molecule has 2 aromatic heterocycles. The van der Waals surface area contributed by atoms with E-state index in [9.17, 15) is 0 Å². The van der Waals surface area contributed by atoms with E-state index in [0.717, 1.165) is 42.3 Å². The third kappa shape index (κ3) is 1.71. The van der Waals surface area contributed by atoms with Crippen molar-refractivity contribution in [3.8, 4) is 11.5 Å². The number of hydrazine groups is 1. The summed E-state index contributed by atoms with van der Waals surface area (Å²) in [7, 11) is 0. The molecule has 2 aromatic rings. The van der Waals surface area contributed by atoms with Gasteiger partial charge in [-0.2, -0.15) is 0 Å². The van der Waals surface area contributed by atoms with E-state index in [0.29, 0.717) is 6.04 Å². The topological polar surface area (TPSA) is 81.6 Å². The van der Waals surface area contributed by atoms with Crippen molar-refractivity contribution in [2.45, 2.75) is 38.1 Å². The van der Waals surface area contributed by atoms with Crippen LogP contribution < -0.4 is 11.3 Å². The lowest BCUT2D eigenvalue weighted by atomic mass is 10.2. The van der Waals surface area contributed by atoms with E-state index < -0.39 is 0 Å². The van der Waals surface area contributed by atoms with Crippen LogP contribution in [0.4, 0.5) is 5.82 Å². The Morgan fingerprint density at radius 1 is 1.26 bits per heavy atom. The van der Waals surface area contributed by atoms with E-state index in [4.69, 9.17) is 10.8 Å². The highest BCUT2D eigenvalue weighted by Crippen LogP contribution is 2.38. The zero-order chi connectivity index (χ0) is 12.8. The van der Waals surface area contributed by atoms with Crippen molar-refractivity contribution < 1.29 is 0 Å². The molecule has 1 saturated carbocycles. The number of anilines is 1. The zero-order valence-corrected chi connectivity index (χ0v) is 10.6. The maximum atomic E-state index is 5.59. The van der Waals surface area contributed by atoms with Crippen molar-refractivity contribution in [2.75, 3.05) is 5.43 Å². The third-order valence-electron chi connectivity index (χ3n) is 3.91. The Kier molecular flexibility index (Phi) is 2.32. The second kappa shape index (κ2) is 4.03. The second-order valence-electron chi connectivity index (χ2n) is 5.24. The van der Waals surface area contributed by atoms with Crippen molar-refractivity contribution in [3.63, 3.8) is 0 Å². The smallest absolute Gasteiger partial charge is 0.180 e. The predicted molar refractivity (Wildman–Crippen MR) is 71.4 cm³/mol. The molecular weight excluding hydrogens is 240 g/mol. The molecule has 3 N–H and O–H groups in total. The molecule has 1 fully saturated rings. The molecule has 0 aliphatic heterocycles. The van der Waals surface area contributed by atoms with Crippen LogP contribution in [-0.4, -0.2) is 19.5 Å². The number of nitrogens with zero attached hydrogens (tertiary/aromatic N) is 4. The summed E-state index contributed by atoms with van der Waals surface area (Å²) in [6.45, 7) is 0. The van der Waals surface area contributed by atoms with Crippen molar-refractivity contribution in [2.24, 2.45) is 5.84 Å². The minimum atomic E-state index is 0.573. The highest BCUT2D eigenvalue weighted by Gasteiger charge is 2.27. The summed E-state index contributed by atoms with van der Waals surface area (Å²) in [6.07, 6.45) is 9.30. The van der Waals surface area contributed by atoms with Crippen molar-refractivity contribution in [3.05, 3.63) is 23.8 Å². The van der Waals surface area contributed by atoms with E-state index in [2.05, 4.69) is 20.0 Å². The van der Waals surface area contributed by atoms with Gasteiger partial charge in [0, 0.05) is 17.3 Å². The zero-order valence-electron chi connectivity index (χ0n) is 10.6. The van der Waals surface area contributed by atoms with Crippen LogP contribution in [0.5, 0.6) is 0 Å². The molecule has 98 valence electrons. The number of rotatable bonds is 3. The molecule has 2 aliphatic rings. The average molecular weight is 256 g/mol. The molecule has 0 atom stereocenters. The van der Waals surface area contributed by atoms with E-state index in [1.165, 1.54) is 18.4 Å². The first-order valence-electron chi connectivity index (χ1n) is 6.75. The minimum Gasteiger partial charge on any atom is -0.325 e. The van der Waals surface area contributed by atoms with E-state index >= 15 is 0 Å². The molecule has 0 bridgehead atoms. The van der Waals surface area contributed by atoms with E-state index in [1.807, 2.05) is 12.5 Å². The van der Waals surface area contributed by atoms with Gasteiger partial charge in [0.05, 0.1) is 12.5 Å². The Morgan fingerprint density at radius 2 is 2.16 bits per heavy atom. The molecule has 0 amide bonds. The molecule has 6 nitrogen and oxygen atoms in total. The van der Waals surface area contributed by atoms with E-state index in [1.54, 1.807) is 0 Å². The van der Waals surface area contributed by atoms with Gasteiger partial charge in [0.15, 0.2) is 5.82 Å². The van der Waals surface area contributed by atoms with Gasteiger partial charge < -0.3 is 9.99 Å². The molecule has 6 heteroatoms. The Morgan fingerprint density at radius 3 is 2.95 bits per heavy atom.